The third-order valence-corrected chi connectivity index (χ3v) is 5.64. The van der Waals surface area contributed by atoms with Crippen molar-refractivity contribution in [1.82, 2.24) is 4.90 Å². The van der Waals surface area contributed by atoms with E-state index in [0.717, 1.165) is 10.8 Å². The molecule has 0 bridgehead atoms. The van der Waals surface area contributed by atoms with E-state index in [2.05, 4.69) is 0 Å². The number of benzene rings is 3. The number of hydrogen-bond acceptors (Lipinski definition) is 4. The average molecular weight is 427 g/mol. The van der Waals surface area contributed by atoms with Crippen LogP contribution in [0.15, 0.2) is 95.1 Å². The molecule has 1 unspecified atom stereocenters. The number of ketones is 1. The highest BCUT2D eigenvalue weighted by Gasteiger charge is 2.47. The minimum absolute atomic E-state index is 0.0395. The molecule has 4 aromatic rings. The first-order chi connectivity index (χ1) is 15.5. The molecule has 5 nitrogen and oxygen atoms in total. The molecule has 0 spiro atoms. The molecule has 2 heterocycles. The Morgan fingerprint density at radius 3 is 2.41 bits per heavy atom. The van der Waals surface area contributed by atoms with Crippen LogP contribution in [0.4, 0.5) is 4.39 Å². The first-order valence-electron chi connectivity index (χ1n) is 10.1. The van der Waals surface area contributed by atoms with Gasteiger partial charge in [0.25, 0.3) is 11.7 Å². The van der Waals surface area contributed by atoms with Crippen LogP contribution in [0.25, 0.3) is 16.5 Å². The standard InChI is InChI=1S/C26H18FNO4/c27-20-11-7-16(8-12-20)15-28-23(21-6-3-13-32-21)22(25(30)26(28)31)24(29)19-10-9-17-4-1-2-5-18(17)14-19/h1-14,23,29H,15H2/b24-22-. The van der Waals surface area contributed by atoms with Gasteiger partial charge < -0.3 is 14.4 Å². The number of carbonyl (C=O) groups is 2. The number of fused-ring (bicyclic) bond motifs is 1. The second-order valence-electron chi connectivity index (χ2n) is 7.63. The zero-order chi connectivity index (χ0) is 22.2. The van der Waals surface area contributed by atoms with Crippen LogP contribution in [0.1, 0.15) is 22.9 Å². The van der Waals surface area contributed by atoms with E-state index in [4.69, 9.17) is 4.42 Å². The number of nitrogens with zero attached hydrogens (tertiary/aromatic N) is 1. The van der Waals surface area contributed by atoms with Gasteiger partial charge in [-0.05, 0) is 46.7 Å². The van der Waals surface area contributed by atoms with Crippen molar-refractivity contribution in [2.45, 2.75) is 12.6 Å². The van der Waals surface area contributed by atoms with Crippen LogP contribution in [0.5, 0.6) is 0 Å². The van der Waals surface area contributed by atoms with Crippen molar-refractivity contribution < 1.29 is 23.5 Å². The van der Waals surface area contributed by atoms with Gasteiger partial charge in [0.2, 0.25) is 0 Å². The summed E-state index contributed by atoms with van der Waals surface area (Å²) in [6.45, 7) is 0.0602. The Morgan fingerprint density at radius 1 is 0.938 bits per heavy atom. The number of aliphatic hydroxyl groups excluding tert-OH is 1. The fourth-order valence-electron chi connectivity index (χ4n) is 4.06. The van der Waals surface area contributed by atoms with Gasteiger partial charge >= 0.3 is 0 Å². The molecule has 158 valence electrons. The zero-order valence-corrected chi connectivity index (χ0v) is 16.9. The SMILES string of the molecule is O=C1C(=O)N(Cc2ccc(F)cc2)C(c2ccco2)/C1=C(/O)c1ccc2ccccc2c1. The van der Waals surface area contributed by atoms with Crippen molar-refractivity contribution in [2.75, 3.05) is 0 Å². The number of carbonyl (C=O) groups excluding carboxylic acids is 2. The lowest BCUT2D eigenvalue weighted by Crippen LogP contribution is -2.29. The minimum Gasteiger partial charge on any atom is -0.507 e. The Labute approximate surface area is 183 Å². The summed E-state index contributed by atoms with van der Waals surface area (Å²) in [6, 6.07) is 21.1. The second-order valence-corrected chi connectivity index (χ2v) is 7.63. The first-order valence-corrected chi connectivity index (χ1v) is 10.1. The first kappa shape index (κ1) is 19.8. The average Bonchev–Trinajstić information content (AvgIpc) is 3.42. The van der Waals surface area contributed by atoms with Crippen molar-refractivity contribution in [2.24, 2.45) is 0 Å². The second kappa shape index (κ2) is 7.81. The van der Waals surface area contributed by atoms with Crippen molar-refractivity contribution in [3.8, 4) is 0 Å². The van der Waals surface area contributed by atoms with Gasteiger partial charge in [0.1, 0.15) is 23.4 Å². The minimum atomic E-state index is -0.901. The van der Waals surface area contributed by atoms with Gasteiger partial charge in [-0.1, -0.05) is 48.5 Å². The van der Waals surface area contributed by atoms with Gasteiger partial charge in [0.15, 0.2) is 0 Å². The van der Waals surface area contributed by atoms with Crippen LogP contribution in [0.2, 0.25) is 0 Å². The maximum atomic E-state index is 13.3. The van der Waals surface area contributed by atoms with Gasteiger partial charge in [0.05, 0.1) is 11.8 Å². The summed E-state index contributed by atoms with van der Waals surface area (Å²) in [5, 5.41) is 13.0. The Morgan fingerprint density at radius 2 is 1.69 bits per heavy atom. The Balaban J connectivity index is 1.63. The molecule has 1 aromatic heterocycles. The molecule has 1 saturated heterocycles. The van der Waals surface area contributed by atoms with Gasteiger partial charge in [-0.15, -0.1) is 0 Å². The molecule has 1 N–H and O–H groups in total. The van der Waals surface area contributed by atoms with Gasteiger partial charge in [-0.25, -0.2) is 4.39 Å². The maximum Gasteiger partial charge on any atom is 0.296 e. The summed E-state index contributed by atoms with van der Waals surface area (Å²) in [7, 11) is 0. The predicted octanol–water partition coefficient (Wildman–Crippen LogP) is 5.19. The van der Waals surface area contributed by atoms with Crippen molar-refractivity contribution in [3.63, 3.8) is 0 Å². The highest BCUT2D eigenvalue weighted by molar-refractivity contribution is 6.46. The molecule has 1 aliphatic heterocycles. The predicted molar refractivity (Wildman–Crippen MR) is 117 cm³/mol. The molecular weight excluding hydrogens is 409 g/mol. The van der Waals surface area contributed by atoms with Crippen molar-refractivity contribution >= 4 is 28.2 Å². The summed E-state index contributed by atoms with van der Waals surface area (Å²) < 4.78 is 18.9. The quantitative estimate of drug-likeness (QED) is 0.276. The topological polar surface area (TPSA) is 70.8 Å². The molecular formula is C26H18FNO4. The number of amides is 1. The molecule has 1 aliphatic rings. The Hall–Kier alpha value is -4.19. The van der Waals surface area contributed by atoms with Crippen LogP contribution < -0.4 is 0 Å². The number of likely N-dealkylation sites (tertiary alicyclic amines) is 1. The molecule has 1 atom stereocenters. The normalized spacial score (nSPS) is 17.9. The van der Waals surface area contributed by atoms with Crippen LogP contribution in [0.3, 0.4) is 0 Å². The van der Waals surface area contributed by atoms with Crippen LogP contribution in [-0.4, -0.2) is 21.7 Å². The lowest BCUT2D eigenvalue weighted by molar-refractivity contribution is -0.140. The molecule has 0 aliphatic carbocycles. The summed E-state index contributed by atoms with van der Waals surface area (Å²) in [5.41, 5.74) is 1.04. The van der Waals surface area contributed by atoms with Gasteiger partial charge in [-0.2, -0.15) is 0 Å². The Bertz CT molecular complexity index is 1360. The number of aliphatic hydroxyl groups is 1. The highest BCUT2D eigenvalue weighted by Crippen LogP contribution is 2.40. The van der Waals surface area contributed by atoms with Crippen molar-refractivity contribution in [1.29, 1.82) is 0 Å². The van der Waals surface area contributed by atoms with E-state index in [1.165, 1.54) is 23.3 Å². The third kappa shape index (κ3) is 3.36. The monoisotopic (exact) mass is 427 g/mol. The molecule has 32 heavy (non-hydrogen) atoms. The van der Waals surface area contributed by atoms with E-state index >= 15 is 0 Å². The number of rotatable bonds is 4. The number of Topliss-reactive ketones (excluding diaryl/α,β-unsaturated/α-hetero) is 1. The lowest BCUT2D eigenvalue weighted by atomic mass is 9.97. The van der Waals surface area contributed by atoms with Crippen LogP contribution >= 0.6 is 0 Å². The van der Waals surface area contributed by atoms with E-state index in [0.29, 0.717) is 16.9 Å². The summed E-state index contributed by atoms with van der Waals surface area (Å²) in [4.78, 5) is 27.3. The van der Waals surface area contributed by atoms with Gasteiger partial charge in [0, 0.05) is 12.1 Å². The Kier molecular flexibility index (Phi) is 4.82. The van der Waals surface area contributed by atoms with E-state index < -0.39 is 23.5 Å². The zero-order valence-electron chi connectivity index (χ0n) is 16.9. The fourth-order valence-corrected chi connectivity index (χ4v) is 4.06. The molecule has 6 heteroatoms. The van der Waals surface area contributed by atoms with E-state index in [9.17, 15) is 19.1 Å². The largest absolute Gasteiger partial charge is 0.507 e. The highest BCUT2D eigenvalue weighted by atomic mass is 19.1. The van der Waals surface area contributed by atoms with E-state index in [-0.39, 0.29) is 17.9 Å². The lowest BCUT2D eigenvalue weighted by Gasteiger charge is -2.23. The number of furan rings is 1. The number of hydrogen-bond donors (Lipinski definition) is 1. The van der Waals surface area contributed by atoms with E-state index in [1.807, 2.05) is 30.3 Å². The number of halogens is 1. The molecule has 0 radical (unpaired) electrons. The maximum absolute atomic E-state index is 13.3. The van der Waals surface area contributed by atoms with Gasteiger partial charge in [-0.3, -0.25) is 9.59 Å². The fraction of sp³-hybridized carbons (Fsp3) is 0.0769. The summed E-state index contributed by atoms with van der Waals surface area (Å²) in [6.07, 6.45) is 1.45. The third-order valence-electron chi connectivity index (χ3n) is 5.64. The molecule has 1 fully saturated rings. The molecule has 0 saturated carbocycles. The van der Waals surface area contributed by atoms with Crippen molar-refractivity contribution in [3.05, 3.63) is 113 Å². The smallest absolute Gasteiger partial charge is 0.296 e. The van der Waals surface area contributed by atoms with Crippen LogP contribution in [0, 0.1) is 5.82 Å². The summed E-state index contributed by atoms with van der Waals surface area (Å²) >= 11 is 0. The van der Waals surface area contributed by atoms with Crippen LogP contribution in [-0.2, 0) is 16.1 Å². The molecule has 1 amide bonds. The molecule has 3 aromatic carbocycles. The molecule has 5 rings (SSSR count). The van der Waals surface area contributed by atoms with E-state index in [1.54, 1.807) is 36.4 Å². The summed E-state index contributed by atoms with van der Waals surface area (Å²) in [5.74, 6) is -1.85.